The van der Waals surface area contributed by atoms with E-state index in [-0.39, 0.29) is 0 Å². The number of pyridine rings is 1. The number of rotatable bonds is 5. The number of H-pyrrole nitrogens is 1. The van der Waals surface area contributed by atoms with E-state index >= 15 is 0 Å². The quantitative estimate of drug-likeness (QED) is 0.861. The third kappa shape index (κ3) is 3.05. The van der Waals surface area contributed by atoms with Gasteiger partial charge < -0.3 is 10.3 Å². The molecule has 0 spiro atoms. The summed E-state index contributed by atoms with van der Waals surface area (Å²) in [4.78, 5) is 14.1. The van der Waals surface area contributed by atoms with Gasteiger partial charge in [-0.3, -0.25) is 9.88 Å². The predicted octanol–water partition coefficient (Wildman–Crippen LogP) is 1.34. The lowest BCUT2D eigenvalue weighted by atomic mass is 10.0. The number of aromatic amines is 1. The fourth-order valence-corrected chi connectivity index (χ4v) is 2.72. The molecule has 2 aromatic rings. The molecule has 3 rings (SSSR count). The second-order valence-electron chi connectivity index (χ2n) is 5.29. The van der Waals surface area contributed by atoms with Gasteiger partial charge in [-0.15, -0.1) is 0 Å². The van der Waals surface area contributed by atoms with E-state index in [4.69, 9.17) is 0 Å². The van der Waals surface area contributed by atoms with Crippen molar-refractivity contribution in [2.45, 2.75) is 32.5 Å². The average molecular weight is 271 g/mol. The normalized spacial score (nSPS) is 18.2. The van der Waals surface area contributed by atoms with Gasteiger partial charge in [0.05, 0.1) is 17.7 Å². The SMILES string of the molecule is CCN(Cc1ccncc1)CC1Cc2nc[nH]c2CN1. The molecule has 2 N–H and O–H groups in total. The summed E-state index contributed by atoms with van der Waals surface area (Å²) in [7, 11) is 0. The minimum absolute atomic E-state index is 0.479. The highest BCUT2D eigenvalue weighted by Crippen LogP contribution is 2.14. The van der Waals surface area contributed by atoms with Gasteiger partial charge in [-0.25, -0.2) is 4.98 Å². The molecule has 5 heteroatoms. The highest BCUT2D eigenvalue weighted by molar-refractivity contribution is 5.16. The third-order valence-corrected chi connectivity index (χ3v) is 3.90. The van der Waals surface area contributed by atoms with Crippen LogP contribution >= 0.6 is 0 Å². The van der Waals surface area contributed by atoms with Crippen molar-refractivity contribution >= 4 is 0 Å². The minimum Gasteiger partial charge on any atom is -0.347 e. The first kappa shape index (κ1) is 13.3. The van der Waals surface area contributed by atoms with Crippen LogP contribution in [-0.2, 0) is 19.5 Å². The molecular formula is C15H21N5. The molecule has 5 nitrogen and oxygen atoms in total. The zero-order valence-corrected chi connectivity index (χ0v) is 11.8. The Labute approximate surface area is 119 Å². The number of nitrogens with zero attached hydrogens (tertiary/aromatic N) is 3. The van der Waals surface area contributed by atoms with E-state index in [2.05, 4.69) is 44.2 Å². The molecule has 0 aliphatic carbocycles. The van der Waals surface area contributed by atoms with Crippen LogP contribution in [0.15, 0.2) is 30.9 Å². The van der Waals surface area contributed by atoms with Crippen molar-refractivity contribution in [1.29, 1.82) is 0 Å². The van der Waals surface area contributed by atoms with E-state index in [1.165, 1.54) is 17.0 Å². The van der Waals surface area contributed by atoms with Crippen molar-refractivity contribution in [2.75, 3.05) is 13.1 Å². The minimum atomic E-state index is 0.479. The number of imidazole rings is 1. The summed E-state index contributed by atoms with van der Waals surface area (Å²) in [5.41, 5.74) is 3.77. The second-order valence-corrected chi connectivity index (χ2v) is 5.29. The molecule has 1 atom stereocenters. The molecule has 1 aliphatic heterocycles. The Morgan fingerprint density at radius 1 is 1.35 bits per heavy atom. The van der Waals surface area contributed by atoms with Gasteiger partial charge in [0, 0.05) is 44.5 Å². The molecule has 20 heavy (non-hydrogen) atoms. The Morgan fingerprint density at radius 2 is 2.20 bits per heavy atom. The molecule has 1 unspecified atom stereocenters. The number of fused-ring (bicyclic) bond motifs is 1. The van der Waals surface area contributed by atoms with Crippen molar-refractivity contribution in [1.82, 2.24) is 25.2 Å². The Hall–Kier alpha value is -1.72. The molecule has 0 aromatic carbocycles. The van der Waals surface area contributed by atoms with Crippen LogP contribution in [-0.4, -0.2) is 39.0 Å². The smallest absolute Gasteiger partial charge is 0.0925 e. The van der Waals surface area contributed by atoms with Gasteiger partial charge in [0.15, 0.2) is 0 Å². The summed E-state index contributed by atoms with van der Waals surface area (Å²) in [5.74, 6) is 0. The highest BCUT2D eigenvalue weighted by atomic mass is 15.2. The first-order valence-corrected chi connectivity index (χ1v) is 7.21. The fourth-order valence-electron chi connectivity index (χ4n) is 2.72. The van der Waals surface area contributed by atoms with Crippen molar-refractivity contribution in [2.24, 2.45) is 0 Å². The molecule has 2 aromatic heterocycles. The number of hydrogen-bond acceptors (Lipinski definition) is 4. The zero-order chi connectivity index (χ0) is 13.8. The Bertz CT molecular complexity index is 536. The van der Waals surface area contributed by atoms with Crippen molar-refractivity contribution in [3.63, 3.8) is 0 Å². The van der Waals surface area contributed by atoms with Crippen LogP contribution in [0, 0.1) is 0 Å². The summed E-state index contributed by atoms with van der Waals surface area (Å²) in [6.07, 6.45) is 6.52. The summed E-state index contributed by atoms with van der Waals surface area (Å²) in [6.45, 7) is 6.18. The van der Waals surface area contributed by atoms with Crippen molar-refractivity contribution < 1.29 is 0 Å². The Balaban J connectivity index is 1.59. The van der Waals surface area contributed by atoms with Crippen LogP contribution in [0.4, 0.5) is 0 Å². The summed E-state index contributed by atoms with van der Waals surface area (Å²) in [5, 5.41) is 3.59. The van der Waals surface area contributed by atoms with Crippen LogP contribution < -0.4 is 5.32 Å². The highest BCUT2D eigenvalue weighted by Gasteiger charge is 2.21. The van der Waals surface area contributed by atoms with Crippen LogP contribution in [0.2, 0.25) is 0 Å². The first-order chi connectivity index (χ1) is 9.85. The molecule has 1 aliphatic rings. The number of likely N-dealkylation sites (N-methyl/N-ethyl adjacent to an activating group) is 1. The van der Waals surface area contributed by atoms with Crippen LogP contribution in [0.3, 0.4) is 0 Å². The molecule has 0 saturated carbocycles. The van der Waals surface area contributed by atoms with Crippen LogP contribution in [0.25, 0.3) is 0 Å². The monoisotopic (exact) mass is 271 g/mol. The van der Waals surface area contributed by atoms with E-state index in [1.807, 2.05) is 12.4 Å². The van der Waals surface area contributed by atoms with Gasteiger partial charge >= 0.3 is 0 Å². The fraction of sp³-hybridized carbons (Fsp3) is 0.467. The van der Waals surface area contributed by atoms with E-state index in [0.717, 1.165) is 32.6 Å². The van der Waals surface area contributed by atoms with E-state index in [9.17, 15) is 0 Å². The molecule has 0 amide bonds. The Kier molecular flexibility index (Phi) is 4.08. The van der Waals surface area contributed by atoms with Gasteiger partial charge in [0.2, 0.25) is 0 Å². The summed E-state index contributed by atoms with van der Waals surface area (Å²) < 4.78 is 0. The lowest BCUT2D eigenvalue weighted by molar-refractivity contribution is 0.238. The molecule has 0 saturated heterocycles. The standard InChI is InChI=1S/C15H21N5/c1-2-20(9-12-3-5-16-6-4-12)10-13-7-14-15(8-17-13)19-11-18-14/h3-6,11,13,17H,2,7-10H2,1H3,(H,18,19). The summed E-state index contributed by atoms with van der Waals surface area (Å²) >= 11 is 0. The maximum atomic E-state index is 4.40. The van der Waals surface area contributed by atoms with Crippen molar-refractivity contribution in [3.05, 3.63) is 47.8 Å². The second kappa shape index (κ2) is 6.15. The third-order valence-electron chi connectivity index (χ3n) is 3.90. The molecular weight excluding hydrogens is 250 g/mol. The first-order valence-electron chi connectivity index (χ1n) is 7.21. The number of nitrogens with one attached hydrogen (secondary N) is 2. The maximum Gasteiger partial charge on any atom is 0.0925 e. The van der Waals surface area contributed by atoms with E-state index in [1.54, 1.807) is 6.33 Å². The topological polar surface area (TPSA) is 56.8 Å². The van der Waals surface area contributed by atoms with Gasteiger partial charge in [-0.2, -0.15) is 0 Å². The molecule has 106 valence electrons. The van der Waals surface area contributed by atoms with Gasteiger partial charge in [0.1, 0.15) is 0 Å². The van der Waals surface area contributed by atoms with Crippen LogP contribution in [0.1, 0.15) is 23.9 Å². The van der Waals surface area contributed by atoms with Gasteiger partial charge in [0.25, 0.3) is 0 Å². The Morgan fingerprint density at radius 3 is 3.00 bits per heavy atom. The van der Waals surface area contributed by atoms with Gasteiger partial charge in [-0.1, -0.05) is 6.92 Å². The predicted molar refractivity (Wildman–Crippen MR) is 78.1 cm³/mol. The molecule has 0 radical (unpaired) electrons. The van der Waals surface area contributed by atoms with Crippen LogP contribution in [0.5, 0.6) is 0 Å². The summed E-state index contributed by atoms with van der Waals surface area (Å²) in [6, 6.07) is 4.65. The van der Waals surface area contributed by atoms with E-state index < -0.39 is 0 Å². The number of aromatic nitrogens is 3. The lowest BCUT2D eigenvalue weighted by Crippen LogP contribution is -2.44. The molecule has 0 fully saturated rings. The maximum absolute atomic E-state index is 4.40. The zero-order valence-electron chi connectivity index (χ0n) is 11.8. The van der Waals surface area contributed by atoms with Crippen molar-refractivity contribution in [3.8, 4) is 0 Å². The number of hydrogen-bond donors (Lipinski definition) is 2. The largest absolute Gasteiger partial charge is 0.347 e. The van der Waals surface area contributed by atoms with E-state index in [0.29, 0.717) is 6.04 Å². The lowest BCUT2D eigenvalue weighted by Gasteiger charge is -2.29. The molecule has 0 bridgehead atoms. The molecule has 3 heterocycles. The average Bonchev–Trinajstić information content (AvgIpc) is 2.95. The van der Waals surface area contributed by atoms with Gasteiger partial charge in [-0.05, 0) is 24.2 Å².